The Morgan fingerprint density at radius 2 is 2.16 bits per heavy atom. The molecule has 1 aromatic carbocycles. The molecule has 0 aliphatic carbocycles. The molecule has 3 aromatic heterocycles. The van der Waals surface area contributed by atoms with Crippen LogP contribution in [0.4, 0.5) is 0 Å². The van der Waals surface area contributed by atoms with Crippen LogP contribution in [0.15, 0.2) is 50.6 Å². The van der Waals surface area contributed by atoms with Crippen molar-refractivity contribution in [3.8, 4) is 0 Å². The Morgan fingerprint density at radius 1 is 1.28 bits per heavy atom. The molecule has 0 fully saturated rings. The van der Waals surface area contributed by atoms with Crippen LogP contribution in [-0.4, -0.2) is 26.8 Å². The lowest BCUT2D eigenvalue weighted by Crippen LogP contribution is -2.07. The monoisotopic (exact) mass is 355 g/mol. The second-order valence-corrected chi connectivity index (χ2v) is 6.30. The van der Waals surface area contributed by atoms with Gasteiger partial charge in [-0.15, -0.1) is 0 Å². The van der Waals surface area contributed by atoms with Crippen LogP contribution in [0.1, 0.15) is 11.5 Å². The van der Waals surface area contributed by atoms with Gasteiger partial charge in [0.2, 0.25) is 0 Å². The second kappa shape index (κ2) is 6.56. The van der Waals surface area contributed by atoms with E-state index in [-0.39, 0.29) is 18.3 Å². The summed E-state index contributed by atoms with van der Waals surface area (Å²) in [6.45, 7) is 1.86. The lowest BCUT2D eigenvalue weighted by atomic mass is 10.2. The maximum absolute atomic E-state index is 11.9. The Hall–Kier alpha value is -2.87. The van der Waals surface area contributed by atoms with Crippen molar-refractivity contribution in [2.75, 3.05) is 5.75 Å². The minimum absolute atomic E-state index is 0.0839. The van der Waals surface area contributed by atoms with E-state index in [1.54, 1.807) is 13.0 Å². The van der Waals surface area contributed by atoms with E-state index in [9.17, 15) is 4.79 Å². The van der Waals surface area contributed by atoms with Gasteiger partial charge < -0.3 is 13.7 Å². The highest BCUT2D eigenvalue weighted by molar-refractivity contribution is 8.00. The van der Waals surface area contributed by atoms with Crippen LogP contribution in [0.2, 0.25) is 0 Å². The molecule has 3 heterocycles. The zero-order chi connectivity index (χ0) is 17.2. The number of hydrogen-bond acceptors (Lipinski definition) is 8. The molecule has 0 atom stereocenters. The van der Waals surface area contributed by atoms with Crippen LogP contribution in [0.25, 0.3) is 22.1 Å². The maximum atomic E-state index is 11.9. The normalized spacial score (nSPS) is 11.2. The number of ether oxygens (including phenoxy) is 1. The van der Waals surface area contributed by atoms with Gasteiger partial charge in [-0.3, -0.25) is 4.79 Å². The summed E-state index contributed by atoms with van der Waals surface area (Å²) in [5.41, 5.74) is 2.63. The van der Waals surface area contributed by atoms with Gasteiger partial charge in [0.05, 0.1) is 5.75 Å². The van der Waals surface area contributed by atoms with Crippen molar-refractivity contribution in [2.45, 2.75) is 18.6 Å². The molecule has 0 saturated carbocycles. The number of aryl methyl sites for hydroxylation is 1. The average molecular weight is 355 g/mol. The highest BCUT2D eigenvalue weighted by Gasteiger charge is 2.15. The minimum Gasteiger partial charge on any atom is -0.458 e. The van der Waals surface area contributed by atoms with Crippen LogP contribution in [0.5, 0.6) is 0 Å². The number of carbonyl (C=O) groups excluding carboxylic acids is 1. The number of fused-ring (bicyclic) bond motifs is 3. The van der Waals surface area contributed by atoms with Gasteiger partial charge in [0.15, 0.2) is 5.58 Å². The van der Waals surface area contributed by atoms with Gasteiger partial charge in [0.1, 0.15) is 40.5 Å². The number of thioether (sulfide) groups is 1. The first-order valence-corrected chi connectivity index (χ1v) is 8.52. The predicted molar refractivity (Wildman–Crippen MR) is 91.1 cm³/mol. The van der Waals surface area contributed by atoms with Crippen LogP contribution < -0.4 is 0 Å². The quantitative estimate of drug-likeness (QED) is 0.305. The molecule has 0 saturated heterocycles. The molecular weight excluding hydrogens is 342 g/mol. The number of carbonyl (C=O) groups is 1. The zero-order valence-corrected chi connectivity index (χ0v) is 14.1. The number of furan rings is 1. The summed E-state index contributed by atoms with van der Waals surface area (Å²) in [5.74, 6) is 0.419. The fraction of sp³-hybridized carbons (Fsp3) is 0.176. The van der Waals surface area contributed by atoms with Crippen molar-refractivity contribution >= 4 is 39.8 Å². The molecular formula is C17H13N3O4S. The molecule has 4 rings (SSSR count). The SMILES string of the molecule is Cc1cc(COC(=O)CSc2ncnc3c2oc2ccccc23)no1. The molecule has 0 amide bonds. The first-order chi connectivity index (χ1) is 12.2. The molecule has 0 spiro atoms. The number of esters is 1. The van der Waals surface area contributed by atoms with Crippen molar-refractivity contribution in [1.29, 1.82) is 0 Å². The summed E-state index contributed by atoms with van der Waals surface area (Å²) in [6, 6.07) is 9.36. The van der Waals surface area contributed by atoms with Crippen molar-refractivity contribution in [2.24, 2.45) is 0 Å². The number of hydrogen-bond donors (Lipinski definition) is 0. The molecule has 126 valence electrons. The summed E-state index contributed by atoms with van der Waals surface area (Å²) >= 11 is 1.25. The van der Waals surface area contributed by atoms with E-state index in [0.29, 0.717) is 22.1 Å². The van der Waals surface area contributed by atoms with E-state index in [2.05, 4.69) is 15.1 Å². The van der Waals surface area contributed by atoms with Gasteiger partial charge in [-0.2, -0.15) is 0 Å². The number of para-hydroxylation sites is 1. The van der Waals surface area contributed by atoms with Gasteiger partial charge in [0, 0.05) is 11.5 Å². The number of nitrogens with zero attached hydrogens (tertiary/aromatic N) is 3. The minimum atomic E-state index is -0.367. The maximum Gasteiger partial charge on any atom is 0.316 e. The molecule has 0 bridgehead atoms. The third kappa shape index (κ3) is 3.20. The highest BCUT2D eigenvalue weighted by atomic mass is 32.2. The van der Waals surface area contributed by atoms with E-state index in [0.717, 1.165) is 16.5 Å². The summed E-state index contributed by atoms with van der Waals surface area (Å²) in [7, 11) is 0. The molecule has 0 aliphatic rings. The van der Waals surface area contributed by atoms with Gasteiger partial charge in [0.25, 0.3) is 0 Å². The largest absolute Gasteiger partial charge is 0.458 e. The Balaban J connectivity index is 1.46. The van der Waals surface area contributed by atoms with Crippen LogP contribution in [-0.2, 0) is 16.1 Å². The molecule has 0 radical (unpaired) electrons. The third-order valence-electron chi connectivity index (χ3n) is 3.51. The number of benzene rings is 1. The predicted octanol–water partition coefficient (Wildman–Crippen LogP) is 3.51. The second-order valence-electron chi connectivity index (χ2n) is 5.33. The van der Waals surface area contributed by atoms with E-state index >= 15 is 0 Å². The zero-order valence-electron chi connectivity index (χ0n) is 13.3. The number of aromatic nitrogens is 3. The van der Waals surface area contributed by atoms with Crippen LogP contribution in [0, 0.1) is 6.92 Å². The van der Waals surface area contributed by atoms with Crippen molar-refractivity contribution in [3.05, 3.63) is 48.1 Å². The Morgan fingerprint density at radius 3 is 3.00 bits per heavy atom. The fourth-order valence-corrected chi connectivity index (χ4v) is 3.14. The standard InChI is InChI=1S/C17H13N3O4S/c1-10-6-11(20-24-10)7-22-14(21)8-25-17-16-15(18-9-19-17)12-4-2-3-5-13(12)23-16/h2-6,9H,7-8H2,1H3. The summed E-state index contributed by atoms with van der Waals surface area (Å²) in [6.07, 6.45) is 1.47. The van der Waals surface area contributed by atoms with Gasteiger partial charge >= 0.3 is 5.97 Å². The molecule has 0 N–H and O–H groups in total. The lowest BCUT2D eigenvalue weighted by molar-refractivity contribution is -0.141. The van der Waals surface area contributed by atoms with Gasteiger partial charge in [-0.25, -0.2) is 9.97 Å². The third-order valence-corrected chi connectivity index (χ3v) is 4.45. The van der Waals surface area contributed by atoms with Crippen molar-refractivity contribution in [1.82, 2.24) is 15.1 Å². The van der Waals surface area contributed by atoms with E-state index < -0.39 is 0 Å². The topological polar surface area (TPSA) is 91.2 Å². The Bertz CT molecular complexity index is 1060. The molecule has 25 heavy (non-hydrogen) atoms. The van der Waals surface area contributed by atoms with E-state index in [1.165, 1.54) is 18.1 Å². The molecule has 8 heteroatoms. The van der Waals surface area contributed by atoms with Crippen molar-refractivity contribution < 1.29 is 18.5 Å². The first-order valence-electron chi connectivity index (χ1n) is 7.53. The fourth-order valence-electron chi connectivity index (χ4n) is 2.41. The van der Waals surface area contributed by atoms with E-state index in [1.807, 2.05) is 24.3 Å². The summed E-state index contributed by atoms with van der Waals surface area (Å²) < 4.78 is 15.9. The smallest absolute Gasteiger partial charge is 0.316 e. The summed E-state index contributed by atoms with van der Waals surface area (Å²) in [4.78, 5) is 20.4. The molecule has 7 nitrogen and oxygen atoms in total. The first kappa shape index (κ1) is 15.6. The molecule has 0 unspecified atom stereocenters. The van der Waals surface area contributed by atoms with Gasteiger partial charge in [-0.05, 0) is 19.1 Å². The molecule has 0 aliphatic heterocycles. The lowest BCUT2D eigenvalue weighted by Gasteiger charge is -2.02. The van der Waals surface area contributed by atoms with Crippen LogP contribution in [0.3, 0.4) is 0 Å². The summed E-state index contributed by atoms with van der Waals surface area (Å²) in [5, 5.41) is 5.31. The van der Waals surface area contributed by atoms with Crippen LogP contribution >= 0.6 is 11.8 Å². The Kier molecular flexibility index (Phi) is 4.10. The Labute approximate surface area is 146 Å². The molecule has 4 aromatic rings. The average Bonchev–Trinajstić information content (AvgIpc) is 3.21. The van der Waals surface area contributed by atoms with Crippen molar-refractivity contribution in [3.63, 3.8) is 0 Å². The van der Waals surface area contributed by atoms with E-state index in [4.69, 9.17) is 13.7 Å². The number of rotatable bonds is 5. The highest BCUT2D eigenvalue weighted by Crippen LogP contribution is 2.32. The van der Waals surface area contributed by atoms with Gasteiger partial charge in [-0.1, -0.05) is 29.1 Å².